The summed E-state index contributed by atoms with van der Waals surface area (Å²) in [7, 11) is 0. The predicted molar refractivity (Wildman–Crippen MR) is 87.6 cm³/mol. The van der Waals surface area contributed by atoms with Gasteiger partial charge in [-0.2, -0.15) is 5.10 Å². The lowest BCUT2D eigenvalue weighted by atomic mass is 10.2. The van der Waals surface area contributed by atoms with E-state index in [0.29, 0.717) is 0 Å². The number of thiazole rings is 1. The van der Waals surface area contributed by atoms with Crippen molar-refractivity contribution < 1.29 is 0 Å². The molecule has 4 nitrogen and oxygen atoms in total. The number of anilines is 1. The zero-order chi connectivity index (χ0) is 14.5. The molecule has 0 bridgehead atoms. The monoisotopic (exact) mass is 294 g/mol. The fourth-order valence-corrected chi connectivity index (χ4v) is 2.50. The number of hydrogen-bond acceptors (Lipinski definition) is 5. The Hall–Kier alpha value is -2.53. The van der Waals surface area contributed by atoms with Crippen LogP contribution in [-0.4, -0.2) is 15.7 Å². The molecule has 2 heterocycles. The third-order valence-electron chi connectivity index (χ3n) is 2.97. The maximum Gasteiger partial charge on any atom is 0.203 e. The van der Waals surface area contributed by atoms with E-state index in [0.717, 1.165) is 27.7 Å². The molecule has 0 saturated heterocycles. The van der Waals surface area contributed by atoms with E-state index in [4.69, 9.17) is 0 Å². The van der Waals surface area contributed by atoms with Gasteiger partial charge in [-0.15, -0.1) is 11.3 Å². The van der Waals surface area contributed by atoms with E-state index in [1.807, 2.05) is 54.8 Å². The summed E-state index contributed by atoms with van der Waals surface area (Å²) in [5.41, 5.74) is 6.93. The smallest absolute Gasteiger partial charge is 0.203 e. The number of nitrogens with one attached hydrogen (secondary N) is 1. The Morgan fingerprint density at radius 3 is 2.76 bits per heavy atom. The molecule has 0 spiro atoms. The van der Waals surface area contributed by atoms with Crippen LogP contribution < -0.4 is 5.43 Å². The average Bonchev–Trinajstić information content (AvgIpc) is 3.03. The van der Waals surface area contributed by atoms with Crippen LogP contribution in [0.4, 0.5) is 5.13 Å². The standard InChI is InChI=1S/C16H14N4S/c1-12(14-8-5-9-17-10-14)19-20-16-18-15(11-21-16)13-6-3-2-4-7-13/h2-11H,1H3,(H,18,20)/b19-12+. The second kappa shape index (κ2) is 6.28. The first kappa shape index (κ1) is 13.5. The van der Waals surface area contributed by atoms with Crippen LogP contribution >= 0.6 is 11.3 Å². The van der Waals surface area contributed by atoms with Gasteiger partial charge in [0.2, 0.25) is 5.13 Å². The molecule has 0 atom stereocenters. The Kier molecular flexibility index (Phi) is 4.02. The minimum Gasteiger partial charge on any atom is -0.264 e. The van der Waals surface area contributed by atoms with Gasteiger partial charge in [0, 0.05) is 28.9 Å². The van der Waals surface area contributed by atoms with Gasteiger partial charge >= 0.3 is 0 Å². The first-order chi connectivity index (χ1) is 10.3. The number of rotatable bonds is 4. The maximum atomic E-state index is 4.53. The van der Waals surface area contributed by atoms with Crippen molar-refractivity contribution in [1.29, 1.82) is 0 Å². The molecule has 0 radical (unpaired) electrons. The third-order valence-corrected chi connectivity index (χ3v) is 3.72. The van der Waals surface area contributed by atoms with Crippen LogP contribution in [0, 0.1) is 0 Å². The lowest BCUT2D eigenvalue weighted by molar-refractivity contribution is 1.26. The van der Waals surface area contributed by atoms with Crippen molar-refractivity contribution in [3.8, 4) is 11.3 Å². The number of aromatic nitrogens is 2. The second-order valence-electron chi connectivity index (χ2n) is 4.45. The predicted octanol–water partition coefficient (Wildman–Crippen LogP) is 4.04. The number of hydrazone groups is 1. The third kappa shape index (κ3) is 3.32. The van der Waals surface area contributed by atoms with Gasteiger partial charge in [0.25, 0.3) is 0 Å². The lowest BCUT2D eigenvalue weighted by Gasteiger charge is -2.00. The maximum absolute atomic E-state index is 4.53. The van der Waals surface area contributed by atoms with Gasteiger partial charge in [-0.3, -0.25) is 10.4 Å². The van der Waals surface area contributed by atoms with Gasteiger partial charge < -0.3 is 0 Å². The zero-order valence-corrected chi connectivity index (χ0v) is 12.3. The van der Waals surface area contributed by atoms with E-state index in [1.165, 1.54) is 11.3 Å². The first-order valence-electron chi connectivity index (χ1n) is 6.54. The van der Waals surface area contributed by atoms with Crippen LogP contribution in [0.1, 0.15) is 12.5 Å². The zero-order valence-electron chi connectivity index (χ0n) is 11.5. The summed E-state index contributed by atoms with van der Waals surface area (Å²) in [5, 5.41) is 7.14. The Labute approximate surface area is 127 Å². The van der Waals surface area contributed by atoms with Crippen molar-refractivity contribution in [1.82, 2.24) is 9.97 Å². The van der Waals surface area contributed by atoms with Gasteiger partial charge in [0.15, 0.2) is 0 Å². The molecule has 0 amide bonds. The van der Waals surface area contributed by atoms with E-state index >= 15 is 0 Å². The molecule has 5 heteroatoms. The van der Waals surface area contributed by atoms with Gasteiger partial charge in [0.05, 0.1) is 11.4 Å². The van der Waals surface area contributed by atoms with E-state index in [1.54, 1.807) is 12.4 Å². The molecule has 0 aliphatic rings. The Morgan fingerprint density at radius 2 is 2.00 bits per heavy atom. The fourth-order valence-electron chi connectivity index (χ4n) is 1.84. The first-order valence-corrected chi connectivity index (χ1v) is 7.42. The summed E-state index contributed by atoms with van der Waals surface area (Å²) < 4.78 is 0. The molecule has 0 unspecified atom stereocenters. The average molecular weight is 294 g/mol. The molecule has 0 fully saturated rings. The van der Waals surface area contributed by atoms with Crippen LogP contribution in [0.3, 0.4) is 0 Å². The SMILES string of the molecule is C/C(=N\Nc1nc(-c2ccccc2)cs1)c1cccnc1. The topological polar surface area (TPSA) is 50.2 Å². The summed E-state index contributed by atoms with van der Waals surface area (Å²) in [6.45, 7) is 1.94. The molecule has 21 heavy (non-hydrogen) atoms. The summed E-state index contributed by atoms with van der Waals surface area (Å²) in [5.74, 6) is 0. The van der Waals surface area contributed by atoms with E-state index < -0.39 is 0 Å². The number of hydrogen-bond donors (Lipinski definition) is 1. The highest BCUT2D eigenvalue weighted by Crippen LogP contribution is 2.24. The summed E-state index contributed by atoms with van der Waals surface area (Å²) >= 11 is 1.54. The second-order valence-corrected chi connectivity index (χ2v) is 5.31. The number of benzene rings is 1. The van der Waals surface area contributed by atoms with Crippen molar-refractivity contribution in [2.45, 2.75) is 6.92 Å². The quantitative estimate of drug-likeness (QED) is 0.583. The molecule has 0 saturated carbocycles. The van der Waals surface area contributed by atoms with Gasteiger partial charge in [-0.05, 0) is 13.0 Å². The molecule has 3 aromatic rings. The van der Waals surface area contributed by atoms with Crippen LogP contribution in [0.2, 0.25) is 0 Å². The van der Waals surface area contributed by atoms with Crippen molar-refractivity contribution in [3.05, 3.63) is 65.8 Å². The van der Waals surface area contributed by atoms with Crippen molar-refractivity contribution in [2.75, 3.05) is 5.43 Å². The van der Waals surface area contributed by atoms with Crippen LogP contribution in [0.5, 0.6) is 0 Å². The van der Waals surface area contributed by atoms with Crippen LogP contribution in [0.25, 0.3) is 11.3 Å². The molecule has 0 aliphatic heterocycles. The Balaban J connectivity index is 1.73. The van der Waals surface area contributed by atoms with Crippen molar-refractivity contribution in [3.63, 3.8) is 0 Å². The lowest BCUT2D eigenvalue weighted by Crippen LogP contribution is -1.99. The molecular formula is C16H14N4S. The summed E-state index contributed by atoms with van der Waals surface area (Å²) in [6, 6.07) is 14.0. The van der Waals surface area contributed by atoms with Crippen molar-refractivity contribution >= 4 is 22.2 Å². The number of pyridine rings is 1. The van der Waals surface area contributed by atoms with E-state index in [2.05, 4.69) is 20.5 Å². The van der Waals surface area contributed by atoms with Crippen LogP contribution in [-0.2, 0) is 0 Å². The van der Waals surface area contributed by atoms with Gasteiger partial charge in [-0.25, -0.2) is 4.98 Å². The van der Waals surface area contributed by atoms with E-state index in [9.17, 15) is 0 Å². The largest absolute Gasteiger partial charge is 0.264 e. The van der Waals surface area contributed by atoms with Gasteiger partial charge in [0.1, 0.15) is 0 Å². The molecule has 2 aromatic heterocycles. The normalized spacial score (nSPS) is 11.4. The highest BCUT2D eigenvalue weighted by Gasteiger charge is 2.03. The summed E-state index contributed by atoms with van der Waals surface area (Å²) in [6.07, 6.45) is 3.54. The van der Waals surface area contributed by atoms with E-state index in [-0.39, 0.29) is 0 Å². The molecule has 3 rings (SSSR count). The minimum atomic E-state index is 0.775. The molecule has 104 valence electrons. The highest BCUT2D eigenvalue weighted by atomic mass is 32.1. The molecule has 1 N–H and O–H groups in total. The van der Waals surface area contributed by atoms with Crippen molar-refractivity contribution in [2.24, 2.45) is 5.10 Å². The number of nitrogens with zero attached hydrogens (tertiary/aromatic N) is 3. The Bertz CT molecular complexity index is 735. The van der Waals surface area contributed by atoms with Gasteiger partial charge in [-0.1, -0.05) is 36.4 Å². The molecular weight excluding hydrogens is 280 g/mol. The summed E-state index contributed by atoms with van der Waals surface area (Å²) in [4.78, 5) is 8.61. The molecule has 0 aliphatic carbocycles. The Morgan fingerprint density at radius 1 is 1.14 bits per heavy atom. The highest BCUT2D eigenvalue weighted by molar-refractivity contribution is 7.14. The van der Waals surface area contributed by atoms with Crippen LogP contribution in [0.15, 0.2) is 65.3 Å². The minimum absolute atomic E-state index is 0.775. The molecule has 1 aromatic carbocycles. The fraction of sp³-hybridized carbons (Fsp3) is 0.0625.